The third kappa shape index (κ3) is 7.20. The van der Waals surface area contributed by atoms with Gasteiger partial charge < -0.3 is 20.5 Å². The maximum absolute atomic E-state index is 11.9. The fourth-order valence-electron chi connectivity index (χ4n) is 2.15. The number of carbonyl (C=O) groups excluding carboxylic acids is 2. The minimum Gasteiger partial charge on any atom is -0.489 e. The second-order valence-corrected chi connectivity index (χ2v) is 7.06. The van der Waals surface area contributed by atoms with Crippen molar-refractivity contribution in [2.24, 2.45) is 0 Å². The summed E-state index contributed by atoms with van der Waals surface area (Å²) in [6.07, 6.45) is -0.852. The van der Waals surface area contributed by atoms with Crippen molar-refractivity contribution in [3.8, 4) is 5.75 Å². The van der Waals surface area contributed by atoms with Crippen LogP contribution in [0.5, 0.6) is 5.75 Å². The van der Waals surface area contributed by atoms with Crippen molar-refractivity contribution in [1.29, 1.82) is 0 Å². The van der Waals surface area contributed by atoms with Crippen molar-refractivity contribution in [1.82, 2.24) is 10.6 Å². The minimum atomic E-state index is -0.928. The Kier molecular flexibility index (Phi) is 8.86. The summed E-state index contributed by atoms with van der Waals surface area (Å²) >= 11 is 17.6. The molecule has 150 valence electrons. The SMILES string of the molecule is O=C(CCNC(=O)c1ccc(Cl)cc1)NCC(O)COc1cccc(Cl)c1Cl. The lowest BCUT2D eigenvalue weighted by molar-refractivity contribution is -0.121. The maximum Gasteiger partial charge on any atom is 0.251 e. The van der Waals surface area contributed by atoms with E-state index in [0.29, 0.717) is 21.4 Å². The molecule has 0 radical (unpaired) electrons. The number of benzene rings is 2. The standard InChI is InChI=1S/C19H19Cl3N2O4/c20-13-6-4-12(5-7-13)19(27)23-9-8-17(26)24-10-14(25)11-28-16-3-1-2-15(21)18(16)22/h1-7,14,25H,8-11H2,(H,23,27)(H,24,26). The van der Waals surface area contributed by atoms with Gasteiger partial charge in [0.1, 0.15) is 23.5 Å². The van der Waals surface area contributed by atoms with Crippen LogP contribution >= 0.6 is 34.8 Å². The molecule has 0 aromatic heterocycles. The average molecular weight is 446 g/mol. The highest BCUT2D eigenvalue weighted by molar-refractivity contribution is 6.42. The third-order valence-corrected chi connectivity index (χ3v) is 4.68. The number of nitrogens with one attached hydrogen (secondary N) is 2. The van der Waals surface area contributed by atoms with E-state index in [2.05, 4.69) is 10.6 Å². The van der Waals surface area contributed by atoms with Crippen molar-refractivity contribution in [3.05, 3.63) is 63.1 Å². The van der Waals surface area contributed by atoms with Gasteiger partial charge in [0.15, 0.2) is 0 Å². The number of ether oxygens (including phenoxy) is 1. The van der Waals surface area contributed by atoms with Gasteiger partial charge in [-0.15, -0.1) is 0 Å². The largest absolute Gasteiger partial charge is 0.489 e. The van der Waals surface area contributed by atoms with Crippen molar-refractivity contribution >= 4 is 46.6 Å². The van der Waals surface area contributed by atoms with Crippen molar-refractivity contribution in [2.45, 2.75) is 12.5 Å². The van der Waals surface area contributed by atoms with Gasteiger partial charge in [0.2, 0.25) is 5.91 Å². The first-order chi connectivity index (χ1) is 13.4. The van der Waals surface area contributed by atoms with E-state index < -0.39 is 6.10 Å². The predicted molar refractivity (Wildman–Crippen MR) is 109 cm³/mol. The first kappa shape index (κ1) is 22.3. The minimum absolute atomic E-state index is 0.00213. The fourth-order valence-corrected chi connectivity index (χ4v) is 2.63. The van der Waals surface area contributed by atoms with Gasteiger partial charge in [0, 0.05) is 30.1 Å². The molecule has 0 aliphatic carbocycles. The molecule has 2 rings (SSSR count). The molecule has 3 N–H and O–H groups in total. The molecule has 0 fully saturated rings. The molecule has 28 heavy (non-hydrogen) atoms. The summed E-state index contributed by atoms with van der Waals surface area (Å²) in [5, 5.41) is 16.3. The van der Waals surface area contributed by atoms with E-state index in [1.807, 2.05) is 0 Å². The van der Waals surface area contributed by atoms with E-state index in [9.17, 15) is 14.7 Å². The molecule has 9 heteroatoms. The Morgan fingerprint density at radius 3 is 2.46 bits per heavy atom. The zero-order chi connectivity index (χ0) is 20.5. The van der Waals surface area contributed by atoms with Gasteiger partial charge in [0.25, 0.3) is 5.91 Å². The van der Waals surface area contributed by atoms with Gasteiger partial charge in [-0.2, -0.15) is 0 Å². The van der Waals surface area contributed by atoms with Gasteiger partial charge in [-0.3, -0.25) is 9.59 Å². The number of hydrogen-bond acceptors (Lipinski definition) is 4. The summed E-state index contributed by atoms with van der Waals surface area (Å²) < 4.78 is 5.40. The van der Waals surface area contributed by atoms with Crippen LogP contribution in [0.25, 0.3) is 0 Å². The number of amides is 2. The van der Waals surface area contributed by atoms with E-state index in [4.69, 9.17) is 39.5 Å². The second kappa shape index (κ2) is 11.1. The lowest BCUT2D eigenvalue weighted by Crippen LogP contribution is -2.37. The number of hydrogen-bond donors (Lipinski definition) is 3. The summed E-state index contributed by atoms with van der Waals surface area (Å²) in [6.45, 7) is 0.105. The Hall–Kier alpha value is -1.99. The van der Waals surface area contributed by atoms with Crippen LogP contribution in [0.15, 0.2) is 42.5 Å². The Labute approximate surface area is 177 Å². The smallest absolute Gasteiger partial charge is 0.251 e. The normalized spacial score (nSPS) is 11.6. The fraction of sp³-hybridized carbons (Fsp3) is 0.263. The highest BCUT2D eigenvalue weighted by Crippen LogP contribution is 2.31. The Balaban J connectivity index is 1.64. The molecular weight excluding hydrogens is 427 g/mol. The zero-order valence-corrected chi connectivity index (χ0v) is 17.0. The molecule has 6 nitrogen and oxygen atoms in total. The van der Waals surface area contributed by atoms with Crippen LogP contribution in [0, 0.1) is 0 Å². The average Bonchev–Trinajstić information content (AvgIpc) is 2.68. The molecular formula is C19H19Cl3N2O4. The van der Waals surface area contributed by atoms with Crippen LogP contribution in [-0.2, 0) is 4.79 Å². The van der Waals surface area contributed by atoms with Crippen LogP contribution < -0.4 is 15.4 Å². The molecule has 0 heterocycles. The number of halogens is 3. The molecule has 2 aromatic carbocycles. The molecule has 0 saturated heterocycles. The summed E-state index contributed by atoms with van der Waals surface area (Å²) in [5.41, 5.74) is 0.456. The Morgan fingerprint density at radius 2 is 1.75 bits per heavy atom. The van der Waals surface area contributed by atoms with Crippen molar-refractivity contribution < 1.29 is 19.4 Å². The molecule has 1 atom stereocenters. The zero-order valence-electron chi connectivity index (χ0n) is 14.8. The van der Waals surface area contributed by atoms with Crippen molar-refractivity contribution in [3.63, 3.8) is 0 Å². The lowest BCUT2D eigenvalue weighted by atomic mass is 10.2. The van der Waals surface area contributed by atoms with Gasteiger partial charge in [-0.25, -0.2) is 0 Å². The molecule has 0 spiro atoms. The van der Waals surface area contributed by atoms with Gasteiger partial charge >= 0.3 is 0 Å². The van der Waals surface area contributed by atoms with E-state index in [-0.39, 0.29) is 43.0 Å². The molecule has 0 aliphatic heterocycles. The molecule has 0 saturated carbocycles. The van der Waals surface area contributed by atoms with Crippen LogP contribution in [-0.4, -0.2) is 42.7 Å². The molecule has 0 aliphatic rings. The van der Waals surface area contributed by atoms with Crippen LogP contribution in [0.2, 0.25) is 15.1 Å². The quantitative estimate of drug-likeness (QED) is 0.552. The van der Waals surface area contributed by atoms with E-state index in [1.54, 1.807) is 42.5 Å². The molecule has 0 bridgehead atoms. The van der Waals surface area contributed by atoms with Gasteiger partial charge in [-0.05, 0) is 36.4 Å². The molecule has 2 amide bonds. The Morgan fingerprint density at radius 1 is 1.04 bits per heavy atom. The maximum atomic E-state index is 11.9. The highest BCUT2D eigenvalue weighted by Gasteiger charge is 2.11. The highest BCUT2D eigenvalue weighted by atomic mass is 35.5. The lowest BCUT2D eigenvalue weighted by Gasteiger charge is -2.14. The van der Waals surface area contributed by atoms with Crippen LogP contribution in [0.3, 0.4) is 0 Å². The van der Waals surface area contributed by atoms with E-state index in [0.717, 1.165) is 0 Å². The van der Waals surface area contributed by atoms with Crippen LogP contribution in [0.1, 0.15) is 16.8 Å². The summed E-state index contributed by atoms with van der Waals surface area (Å²) in [4.78, 5) is 23.7. The summed E-state index contributed by atoms with van der Waals surface area (Å²) in [5.74, 6) is -0.253. The molecule has 1 unspecified atom stereocenters. The van der Waals surface area contributed by atoms with Crippen LogP contribution in [0.4, 0.5) is 0 Å². The number of carbonyl (C=O) groups is 2. The number of rotatable bonds is 9. The predicted octanol–water partition coefficient (Wildman–Crippen LogP) is 3.32. The second-order valence-electron chi connectivity index (χ2n) is 5.83. The monoisotopic (exact) mass is 444 g/mol. The molecule has 2 aromatic rings. The van der Waals surface area contributed by atoms with Gasteiger partial charge in [0.05, 0.1) is 5.02 Å². The van der Waals surface area contributed by atoms with Gasteiger partial charge in [-0.1, -0.05) is 40.9 Å². The number of aliphatic hydroxyl groups excluding tert-OH is 1. The van der Waals surface area contributed by atoms with Crippen molar-refractivity contribution in [2.75, 3.05) is 19.7 Å². The topological polar surface area (TPSA) is 87.7 Å². The number of aliphatic hydroxyl groups is 1. The first-order valence-electron chi connectivity index (χ1n) is 8.42. The third-order valence-electron chi connectivity index (χ3n) is 3.63. The first-order valence-corrected chi connectivity index (χ1v) is 9.55. The summed E-state index contributed by atoms with van der Waals surface area (Å²) in [7, 11) is 0. The summed E-state index contributed by atoms with van der Waals surface area (Å²) in [6, 6.07) is 11.4. The Bertz CT molecular complexity index is 815. The van der Waals surface area contributed by atoms with E-state index in [1.165, 1.54) is 0 Å². The van der Waals surface area contributed by atoms with E-state index >= 15 is 0 Å².